The molecule has 2 aliphatic heterocycles. The van der Waals surface area contributed by atoms with Gasteiger partial charge in [0.05, 0.1) is 6.54 Å². The molecule has 5 nitrogen and oxygen atoms in total. The van der Waals surface area contributed by atoms with E-state index in [1.54, 1.807) is 0 Å². The van der Waals surface area contributed by atoms with Gasteiger partial charge in [0.1, 0.15) is 0 Å². The van der Waals surface area contributed by atoms with E-state index in [1.165, 1.54) is 37.3 Å². The van der Waals surface area contributed by atoms with E-state index in [0.717, 1.165) is 45.1 Å². The minimum absolute atomic E-state index is 0. The fourth-order valence-electron chi connectivity index (χ4n) is 3.57. The molecule has 2 aliphatic rings. The van der Waals surface area contributed by atoms with Crippen molar-refractivity contribution in [3.05, 3.63) is 29.8 Å². The molecule has 6 heteroatoms. The third-order valence-electron chi connectivity index (χ3n) is 4.97. The average Bonchev–Trinajstić information content (AvgIpc) is 2.91. The number of guanidine groups is 1. The number of nitrogens with zero attached hydrogens (tertiary/aromatic N) is 4. The van der Waals surface area contributed by atoms with Gasteiger partial charge in [0.15, 0.2) is 5.96 Å². The summed E-state index contributed by atoms with van der Waals surface area (Å²) in [5.74, 6) is 1.04. The molecule has 1 aromatic rings. The molecule has 0 bridgehead atoms. The molecule has 140 valence electrons. The Balaban J connectivity index is 0.00000225. The highest BCUT2D eigenvalue weighted by atomic mass is 127. The molecule has 2 heterocycles. The molecule has 1 N–H and O–H groups in total. The fraction of sp³-hybridized carbons (Fsp3) is 0.632. The normalized spacial score (nSPS) is 19.3. The predicted molar refractivity (Wildman–Crippen MR) is 117 cm³/mol. The van der Waals surface area contributed by atoms with Crippen molar-refractivity contribution in [1.29, 1.82) is 0 Å². The fourth-order valence-corrected chi connectivity index (χ4v) is 3.57. The van der Waals surface area contributed by atoms with Crippen LogP contribution in [0.15, 0.2) is 29.3 Å². The van der Waals surface area contributed by atoms with Crippen LogP contribution in [0.4, 0.5) is 5.69 Å². The number of aliphatic imine (C=N–C) groups is 1. The van der Waals surface area contributed by atoms with Gasteiger partial charge in [-0.05, 0) is 51.5 Å². The van der Waals surface area contributed by atoms with Crippen LogP contribution in [0.2, 0.25) is 0 Å². The van der Waals surface area contributed by atoms with Gasteiger partial charge in [-0.1, -0.05) is 18.2 Å². The van der Waals surface area contributed by atoms with E-state index in [2.05, 4.69) is 58.3 Å². The van der Waals surface area contributed by atoms with Crippen LogP contribution < -0.4 is 10.2 Å². The summed E-state index contributed by atoms with van der Waals surface area (Å²) in [7, 11) is 2.22. The highest BCUT2D eigenvalue weighted by molar-refractivity contribution is 14.0. The zero-order valence-corrected chi connectivity index (χ0v) is 17.9. The molecule has 0 unspecified atom stereocenters. The zero-order valence-electron chi connectivity index (χ0n) is 15.6. The minimum Gasteiger partial charge on any atom is -0.356 e. The smallest absolute Gasteiger partial charge is 0.198 e. The van der Waals surface area contributed by atoms with Crippen molar-refractivity contribution < 1.29 is 0 Å². The van der Waals surface area contributed by atoms with Crippen molar-refractivity contribution >= 4 is 35.6 Å². The summed E-state index contributed by atoms with van der Waals surface area (Å²) in [6.07, 6.45) is 2.37. The molecule has 1 aromatic carbocycles. The molecule has 25 heavy (non-hydrogen) atoms. The maximum atomic E-state index is 4.91. The number of anilines is 1. The van der Waals surface area contributed by atoms with Crippen LogP contribution in [0.3, 0.4) is 0 Å². The van der Waals surface area contributed by atoms with Gasteiger partial charge in [0, 0.05) is 38.4 Å². The third kappa shape index (κ3) is 5.56. The molecule has 0 aliphatic carbocycles. The number of halogens is 1. The van der Waals surface area contributed by atoms with Gasteiger partial charge in [-0.3, -0.25) is 4.99 Å². The monoisotopic (exact) mass is 457 g/mol. The van der Waals surface area contributed by atoms with Crippen LogP contribution in [0.25, 0.3) is 0 Å². The summed E-state index contributed by atoms with van der Waals surface area (Å²) in [4.78, 5) is 12.2. The van der Waals surface area contributed by atoms with E-state index in [4.69, 9.17) is 4.99 Å². The second kappa shape index (κ2) is 10.3. The first kappa shape index (κ1) is 20.5. The van der Waals surface area contributed by atoms with Crippen LogP contribution >= 0.6 is 24.0 Å². The van der Waals surface area contributed by atoms with Crippen molar-refractivity contribution in [3.63, 3.8) is 0 Å². The second-order valence-electron chi connectivity index (χ2n) is 6.76. The molecule has 0 atom stereocenters. The molecule has 0 saturated carbocycles. The quantitative estimate of drug-likeness (QED) is 0.428. The van der Waals surface area contributed by atoms with Crippen molar-refractivity contribution in [2.45, 2.75) is 19.8 Å². The maximum absolute atomic E-state index is 4.91. The van der Waals surface area contributed by atoms with Gasteiger partial charge >= 0.3 is 0 Å². The van der Waals surface area contributed by atoms with E-state index in [-0.39, 0.29) is 24.0 Å². The number of rotatable bonds is 4. The molecule has 1 saturated heterocycles. The lowest BCUT2D eigenvalue weighted by molar-refractivity contribution is 0.283. The average molecular weight is 457 g/mol. The van der Waals surface area contributed by atoms with Crippen LogP contribution in [-0.4, -0.2) is 75.2 Å². The summed E-state index contributed by atoms with van der Waals surface area (Å²) in [5.41, 5.74) is 2.74. The molecule has 0 spiro atoms. The summed E-state index contributed by atoms with van der Waals surface area (Å²) >= 11 is 0. The Hall–Kier alpha value is -0.860. The molecule has 0 radical (unpaired) electrons. The van der Waals surface area contributed by atoms with E-state index < -0.39 is 0 Å². The van der Waals surface area contributed by atoms with Crippen molar-refractivity contribution in [3.8, 4) is 0 Å². The SMILES string of the molecule is CCNC(=NCCN1CCCN(C)CC1)N1CCc2ccccc21.I. The first-order chi connectivity index (χ1) is 11.8. The second-order valence-corrected chi connectivity index (χ2v) is 6.76. The number of fused-ring (bicyclic) bond motifs is 1. The number of likely N-dealkylation sites (N-methyl/N-ethyl adjacent to an activating group) is 1. The highest BCUT2D eigenvalue weighted by Crippen LogP contribution is 2.27. The first-order valence-electron chi connectivity index (χ1n) is 9.32. The largest absolute Gasteiger partial charge is 0.356 e. The van der Waals surface area contributed by atoms with Crippen LogP contribution in [0, 0.1) is 0 Å². The number of hydrogen-bond donors (Lipinski definition) is 1. The van der Waals surface area contributed by atoms with Crippen LogP contribution in [-0.2, 0) is 6.42 Å². The predicted octanol–water partition coefficient (Wildman–Crippen LogP) is 2.27. The Morgan fingerprint density at radius 1 is 1.12 bits per heavy atom. The van der Waals surface area contributed by atoms with Gasteiger partial charge < -0.3 is 20.0 Å². The standard InChI is InChI=1S/C19H31N5.HI/c1-3-20-19(24-13-9-17-7-4-5-8-18(17)24)21-10-14-23-12-6-11-22(2)15-16-23;/h4-5,7-8H,3,6,9-16H2,1-2H3,(H,20,21);1H. The van der Waals surface area contributed by atoms with E-state index in [1.807, 2.05) is 0 Å². The van der Waals surface area contributed by atoms with Gasteiger partial charge in [-0.2, -0.15) is 0 Å². The lowest BCUT2D eigenvalue weighted by Crippen LogP contribution is -2.41. The Bertz CT molecular complexity index is 563. The van der Waals surface area contributed by atoms with Crippen LogP contribution in [0.1, 0.15) is 18.9 Å². The number of para-hydroxylation sites is 1. The summed E-state index contributed by atoms with van der Waals surface area (Å²) < 4.78 is 0. The first-order valence-corrected chi connectivity index (χ1v) is 9.32. The Kier molecular flexibility index (Phi) is 8.45. The van der Waals surface area contributed by atoms with E-state index in [0.29, 0.717) is 0 Å². The molecular weight excluding hydrogens is 425 g/mol. The highest BCUT2D eigenvalue weighted by Gasteiger charge is 2.22. The third-order valence-corrected chi connectivity index (χ3v) is 4.97. The minimum atomic E-state index is 0. The lowest BCUT2D eigenvalue weighted by atomic mass is 10.2. The molecule has 3 rings (SSSR count). The van der Waals surface area contributed by atoms with Gasteiger partial charge in [-0.15, -0.1) is 24.0 Å². The molecule has 0 aromatic heterocycles. The molecule has 0 amide bonds. The number of benzene rings is 1. The van der Waals surface area contributed by atoms with Crippen molar-refractivity contribution in [2.75, 3.05) is 64.3 Å². The van der Waals surface area contributed by atoms with Crippen LogP contribution in [0.5, 0.6) is 0 Å². The number of hydrogen-bond acceptors (Lipinski definition) is 3. The summed E-state index contributed by atoms with van der Waals surface area (Å²) in [5, 5.41) is 3.47. The van der Waals surface area contributed by atoms with E-state index >= 15 is 0 Å². The lowest BCUT2D eigenvalue weighted by Gasteiger charge is -2.23. The summed E-state index contributed by atoms with van der Waals surface area (Å²) in [6.45, 7) is 10.7. The van der Waals surface area contributed by atoms with E-state index in [9.17, 15) is 0 Å². The Labute approximate surface area is 169 Å². The molecule has 1 fully saturated rings. The van der Waals surface area contributed by atoms with Crippen molar-refractivity contribution in [2.24, 2.45) is 4.99 Å². The number of nitrogens with one attached hydrogen (secondary N) is 1. The van der Waals surface area contributed by atoms with Gasteiger partial charge in [-0.25, -0.2) is 0 Å². The maximum Gasteiger partial charge on any atom is 0.198 e. The van der Waals surface area contributed by atoms with Gasteiger partial charge in [0.2, 0.25) is 0 Å². The molecular formula is C19H32IN5. The van der Waals surface area contributed by atoms with Gasteiger partial charge in [0.25, 0.3) is 0 Å². The topological polar surface area (TPSA) is 34.1 Å². The van der Waals surface area contributed by atoms with Crippen molar-refractivity contribution in [1.82, 2.24) is 15.1 Å². The summed E-state index contributed by atoms with van der Waals surface area (Å²) in [6, 6.07) is 8.68. The zero-order chi connectivity index (χ0) is 16.8. The Morgan fingerprint density at radius 2 is 1.96 bits per heavy atom. The Morgan fingerprint density at radius 3 is 2.80 bits per heavy atom.